The van der Waals surface area contributed by atoms with Crippen LogP contribution in [0.4, 0.5) is 0 Å². The van der Waals surface area contributed by atoms with Gasteiger partial charge in [-0.2, -0.15) is 5.10 Å². The van der Waals surface area contributed by atoms with Crippen LogP contribution in [0, 0.1) is 6.92 Å². The van der Waals surface area contributed by atoms with Crippen molar-refractivity contribution in [3.8, 4) is 0 Å². The van der Waals surface area contributed by atoms with Gasteiger partial charge in [-0.3, -0.25) is 4.79 Å². The fourth-order valence-corrected chi connectivity index (χ4v) is 1.21. The van der Waals surface area contributed by atoms with Gasteiger partial charge in [-0.15, -0.1) is 0 Å². The molecule has 2 aromatic heterocycles. The van der Waals surface area contributed by atoms with E-state index < -0.39 is 0 Å². The molecular formula is C8H8N4O. The molecule has 0 amide bonds. The maximum Gasteiger partial charge on any atom is 0.277 e. The monoisotopic (exact) mass is 176 g/mol. The van der Waals surface area contributed by atoms with Crippen LogP contribution in [0.2, 0.25) is 0 Å². The zero-order valence-electron chi connectivity index (χ0n) is 7.35. The summed E-state index contributed by atoms with van der Waals surface area (Å²) in [5, 5.41) is 4.40. The molecule has 0 atom stereocenters. The Morgan fingerprint density at radius 2 is 2.15 bits per heavy atom. The molecule has 13 heavy (non-hydrogen) atoms. The van der Waals surface area contributed by atoms with Crippen LogP contribution >= 0.6 is 0 Å². The molecule has 0 aliphatic rings. The van der Waals surface area contributed by atoms with E-state index in [0.29, 0.717) is 16.6 Å². The first-order valence-electron chi connectivity index (χ1n) is 3.84. The minimum absolute atomic E-state index is 0.157. The van der Waals surface area contributed by atoms with E-state index >= 15 is 0 Å². The van der Waals surface area contributed by atoms with E-state index in [4.69, 9.17) is 0 Å². The van der Waals surface area contributed by atoms with Crippen molar-refractivity contribution < 1.29 is 0 Å². The molecule has 0 aliphatic heterocycles. The predicted molar refractivity (Wildman–Crippen MR) is 47.3 cm³/mol. The SMILES string of the molecule is Cc1ncnc2cnn(C)c(=O)c12. The highest BCUT2D eigenvalue weighted by molar-refractivity contribution is 5.78. The molecule has 2 rings (SSSR count). The average Bonchev–Trinajstić information content (AvgIpc) is 2.12. The number of hydrogen-bond donors (Lipinski definition) is 0. The quantitative estimate of drug-likeness (QED) is 0.568. The first kappa shape index (κ1) is 7.85. The minimum atomic E-state index is -0.157. The molecule has 2 heterocycles. The lowest BCUT2D eigenvalue weighted by Gasteiger charge is -2.00. The molecule has 5 heteroatoms. The molecule has 5 nitrogen and oxygen atoms in total. The summed E-state index contributed by atoms with van der Waals surface area (Å²) >= 11 is 0. The topological polar surface area (TPSA) is 60.7 Å². The van der Waals surface area contributed by atoms with Gasteiger partial charge in [-0.05, 0) is 6.92 Å². The summed E-state index contributed by atoms with van der Waals surface area (Å²) in [6.07, 6.45) is 2.99. The van der Waals surface area contributed by atoms with Gasteiger partial charge in [0.2, 0.25) is 0 Å². The Labute approximate surface area is 74.1 Å². The zero-order valence-corrected chi connectivity index (χ0v) is 7.35. The second kappa shape index (κ2) is 2.62. The number of nitrogens with zero attached hydrogens (tertiary/aromatic N) is 4. The Morgan fingerprint density at radius 1 is 1.38 bits per heavy atom. The van der Waals surface area contributed by atoms with Gasteiger partial charge in [0, 0.05) is 7.05 Å². The lowest BCUT2D eigenvalue weighted by Crippen LogP contribution is -2.20. The van der Waals surface area contributed by atoms with Gasteiger partial charge >= 0.3 is 0 Å². The second-order valence-corrected chi connectivity index (χ2v) is 2.79. The van der Waals surface area contributed by atoms with Gasteiger partial charge in [-0.25, -0.2) is 14.6 Å². The molecule has 2 aromatic rings. The van der Waals surface area contributed by atoms with Crippen molar-refractivity contribution >= 4 is 10.9 Å². The highest BCUT2D eigenvalue weighted by Crippen LogP contribution is 2.05. The molecule has 0 radical (unpaired) electrons. The van der Waals surface area contributed by atoms with Crippen LogP contribution in [0.25, 0.3) is 10.9 Å². The zero-order chi connectivity index (χ0) is 9.42. The fourth-order valence-electron chi connectivity index (χ4n) is 1.21. The van der Waals surface area contributed by atoms with Crippen LogP contribution in [-0.4, -0.2) is 19.7 Å². The molecular weight excluding hydrogens is 168 g/mol. The molecule has 0 N–H and O–H groups in total. The maximum atomic E-state index is 11.6. The van der Waals surface area contributed by atoms with Crippen molar-refractivity contribution in [3.63, 3.8) is 0 Å². The van der Waals surface area contributed by atoms with Crippen LogP contribution in [-0.2, 0) is 7.05 Å². The number of aryl methyl sites for hydroxylation is 2. The molecule has 0 aliphatic carbocycles. The number of fused-ring (bicyclic) bond motifs is 1. The Balaban J connectivity index is 3.06. The normalized spacial score (nSPS) is 10.6. The Morgan fingerprint density at radius 3 is 2.92 bits per heavy atom. The van der Waals surface area contributed by atoms with E-state index in [2.05, 4.69) is 15.1 Å². The third-order valence-corrected chi connectivity index (χ3v) is 1.93. The number of hydrogen-bond acceptors (Lipinski definition) is 4. The lowest BCUT2D eigenvalue weighted by molar-refractivity contribution is 0.715. The summed E-state index contributed by atoms with van der Waals surface area (Å²) in [6.45, 7) is 1.78. The van der Waals surface area contributed by atoms with E-state index in [1.54, 1.807) is 20.2 Å². The molecule has 0 unspecified atom stereocenters. The van der Waals surface area contributed by atoms with Crippen LogP contribution in [0.5, 0.6) is 0 Å². The fraction of sp³-hybridized carbons (Fsp3) is 0.250. The van der Waals surface area contributed by atoms with E-state index in [-0.39, 0.29) is 5.56 Å². The summed E-state index contributed by atoms with van der Waals surface area (Å²) in [5.74, 6) is 0. The lowest BCUT2D eigenvalue weighted by atomic mass is 10.3. The van der Waals surface area contributed by atoms with Crippen LogP contribution in [0.15, 0.2) is 17.3 Å². The third-order valence-electron chi connectivity index (χ3n) is 1.93. The third kappa shape index (κ3) is 1.09. The largest absolute Gasteiger partial charge is 0.277 e. The van der Waals surface area contributed by atoms with Crippen molar-refractivity contribution in [2.45, 2.75) is 6.92 Å². The molecule has 0 saturated heterocycles. The van der Waals surface area contributed by atoms with Crippen molar-refractivity contribution in [1.82, 2.24) is 19.7 Å². The van der Waals surface area contributed by atoms with Gasteiger partial charge in [0.05, 0.1) is 22.8 Å². The predicted octanol–water partition coefficient (Wildman–Crippen LogP) is 0.0319. The van der Waals surface area contributed by atoms with Crippen molar-refractivity contribution in [3.05, 3.63) is 28.6 Å². The number of aromatic nitrogens is 4. The van der Waals surface area contributed by atoms with Crippen LogP contribution < -0.4 is 5.56 Å². The standard InChI is InChI=1S/C8H8N4O/c1-5-7-6(10-4-9-5)3-11-12(2)8(7)13/h3-4H,1-2H3. The van der Waals surface area contributed by atoms with Crippen LogP contribution in [0.3, 0.4) is 0 Å². The van der Waals surface area contributed by atoms with Gasteiger partial charge in [0.1, 0.15) is 6.33 Å². The summed E-state index contributed by atoms with van der Waals surface area (Å²) in [5.41, 5.74) is 1.12. The molecule has 0 spiro atoms. The summed E-state index contributed by atoms with van der Waals surface area (Å²) in [6, 6.07) is 0. The smallest absolute Gasteiger partial charge is 0.267 e. The Hall–Kier alpha value is -1.78. The van der Waals surface area contributed by atoms with Crippen molar-refractivity contribution in [2.75, 3.05) is 0 Å². The van der Waals surface area contributed by atoms with E-state index in [1.165, 1.54) is 11.0 Å². The first-order chi connectivity index (χ1) is 6.20. The van der Waals surface area contributed by atoms with E-state index in [9.17, 15) is 4.79 Å². The highest BCUT2D eigenvalue weighted by atomic mass is 16.1. The van der Waals surface area contributed by atoms with E-state index in [0.717, 1.165) is 0 Å². The first-order valence-corrected chi connectivity index (χ1v) is 3.84. The second-order valence-electron chi connectivity index (χ2n) is 2.79. The van der Waals surface area contributed by atoms with Crippen molar-refractivity contribution in [2.24, 2.45) is 7.05 Å². The Kier molecular flexibility index (Phi) is 1.58. The maximum absolute atomic E-state index is 11.6. The average molecular weight is 176 g/mol. The van der Waals surface area contributed by atoms with E-state index in [1.807, 2.05) is 0 Å². The summed E-state index contributed by atoms with van der Waals surface area (Å²) < 4.78 is 1.28. The molecule has 0 fully saturated rings. The van der Waals surface area contributed by atoms with Crippen LogP contribution in [0.1, 0.15) is 5.69 Å². The molecule has 0 saturated carbocycles. The highest BCUT2D eigenvalue weighted by Gasteiger charge is 2.05. The Bertz CT molecular complexity index is 517. The van der Waals surface area contributed by atoms with Gasteiger partial charge in [0.25, 0.3) is 5.56 Å². The van der Waals surface area contributed by atoms with Gasteiger partial charge in [-0.1, -0.05) is 0 Å². The molecule has 66 valence electrons. The molecule has 0 aromatic carbocycles. The minimum Gasteiger partial charge on any atom is -0.267 e. The van der Waals surface area contributed by atoms with Gasteiger partial charge < -0.3 is 0 Å². The van der Waals surface area contributed by atoms with Gasteiger partial charge in [0.15, 0.2) is 0 Å². The van der Waals surface area contributed by atoms with Crippen molar-refractivity contribution in [1.29, 1.82) is 0 Å². The summed E-state index contributed by atoms with van der Waals surface area (Å²) in [4.78, 5) is 19.5. The molecule has 0 bridgehead atoms. The number of rotatable bonds is 0. The summed E-state index contributed by atoms with van der Waals surface area (Å²) in [7, 11) is 1.61.